The highest BCUT2D eigenvalue weighted by Crippen LogP contribution is 2.43. The summed E-state index contributed by atoms with van der Waals surface area (Å²) in [5, 5.41) is 2.17. The molecule has 0 bridgehead atoms. The zero-order valence-corrected chi connectivity index (χ0v) is 15.6. The quantitative estimate of drug-likeness (QED) is 0.397. The molecule has 28 heavy (non-hydrogen) atoms. The van der Waals surface area contributed by atoms with E-state index in [9.17, 15) is 4.79 Å². The third-order valence-electron chi connectivity index (χ3n) is 4.79. The Morgan fingerprint density at radius 2 is 1.57 bits per heavy atom. The minimum atomic E-state index is 0.386. The highest BCUT2D eigenvalue weighted by Gasteiger charge is 2.19. The van der Waals surface area contributed by atoms with Gasteiger partial charge >= 0.3 is 0 Å². The number of fused-ring (bicyclic) bond motifs is 1. The summed E-state index contributed by atoms with van der Waals surface area (Å²) in [6.07, 6.45) is 0.867. The van der Waals surface area contributed by atoms with Crippen LogP contribution in [0.2, 0.25) is 0 Å². The Morgan fingerprint density at radius 3 is 2.36 bits per heavy atom. The summed E-state index contributed by atoms with van der Waals surface area (Å²) in [6.45, 7) is 0.386. The molecule has 0 aliphatic heterocycles. The average molecular weight is 368 g/mol. The summed E-state index contributed by atoms with van der Waals surface area (Å²) >= 11 is 0. The zero-order chi connectivity index (χ0) is 19.3. The second-order valence-electron chi connectivity index (χ2n) is 6.48. The van der Waals surface area contributed by atoms with E-state index in [1.807, 2.05) is 54.6 Å². The Bertz CT molecular complexity index is 1110. The lowest BCUT2D eigenvalue weighted by molar-refractivity contribution is 0.112. The number of carbonyl (C=O) groups is 1. The van der Waals surface area contributed by atoms with Gasteiger partial charge in [0.1, 0.15) is 6.61 Å². The smallest absolute Gasteiger partial charge is 0.170 e. The molecule has 0 saturated carbocycles. The Hall–Kier alpha value is -3.59. The van der Waals surface area contributed by atoms with Gasteiger partial charge in [0.15, 0.2) is 17.8 Å². The molecule has 4 aromatic rings. The number of benzene rings is 4. The molecule has 3 heteroatoms. The number of carbonyl (C=O) groups excluding carboxylic acids is 1. The van der Waals surface area contributed by atoms with Crippen molar-refractivity contribution in [1.82, 2.24) is 0 Å². The van der Waals surface area contributed by atoms with Crippen molar-refractivity contribution in [3.05, 3.63) is 96.1 Å². The van der Waals surface area contributed by atoms with E-state index in [0.29, 0.717) is 23.7 Å². The van der Waals surface area contributed by atoms with Crippen molar-refractivity contribution in [3.63, 3.8) is 0 Å². The molecule has 0 atom stereocenters. The van der Waals surface area contributed by atoms with Crippen molar-refractivity contribution in [1.29, 1.82) is 0 Å². The van der Waals surface area contributed by atoms with Crippen molar-refractivity contribution in [2.45, 2.75) is 6.61 Å². The Morgan fingerprint density at radius 1 is 0.821 bits per heavy atom. The maximum absolute atomic E-state index is 11.9. The van der Waals surface area contributed by atoms with Crippen LogP contribution in [-0.2, 0) is 6.61 Å². The lowest BCUT2D eigenvalue weighted by Gasteiger charge is -2.18. The van der Waals surface area contributed by atoms with E-state index >= 15 is 0 Å². The van der Waals surface area contributed by atoms with Crippen LogP contribution in [0.1, 0.15) is 15.9 Å². The molecule has 0 aliphatic rings. The third-order valence-corrected chi connectivity index (χ3v) is 4.79. The molecule has 0 aromatic heterocycles. The first kappa shape index (κ1) is 17.8. The van der Waals surface area contributed by atoms with Gasteiger partial charge in [-0.15, -0.1) is 0 Å². The molecule has 4 rings (SSSR count). The third kappa shape index (κ3) is 3.35. The van der Waals surface area contributed by atoms with Gasteiger partial charge in [0.25, 0.3) is 0 Å². The lowest BCUT2D eigenvalue weighted by Crippen LogP contribution is -2.02. The van der Waals surface area contributed by atoms with Crippen LogP contribution in [0, 0.1) is 0 Å². The highest BCUT2D eigenvalue weighted by atomic mass is 16.5. The molecule has 3 nitrogen and oxygen atoms in total. The van der Waals surface area contributed by atoms with Crippen LogP contribution in [-0.4, -0.2) is 13.4 Å². The van der Waals surface area contributed by atoms with Crippen LogP contribution in [0.25, 0.3) is 21.9 Å². The van der Waals surface area contributed by atoms with E-state index in [2.05, 4.69) is 18.2 Å². The summed E-state index contributed by atoms with van der Waals surface area (Å²) in [4.78, 5) is 11.9. The second kappa shape index (κ2) is 7.97. The Labute approximate surface area is 164 Å². The van der Waals surface area contributed by atoms with Gasteiger partial charge in [0.05, 0.1) is 7.11 Å². The lowest BCUT2D eigenvalue weighted by atomic mass is 9.94. The van der Waals surface area contributed by atoms with Gasteiger partial charge < -0.3 is 9.47 Å². The van der Waals surface area contributed by atoms with Crippen LogP contribution < -0.4 is 9.47 Å². The largest absolute Gasteiger partial charge is 0.493 e. The molecular formula is C25H20O3. The van der Waals surface area contributed by atoms with Gasteiger partial charge in [0.2, 0.25) is 0 Å². The molecule has 0 amide bonds. The molecule has 0 unspecified atom stereocenters. The standard InChI is InChI=1S/C25H20O3/c1-27-23-15-14-20(16-26)24(25(23)28-17-18-8-3-2-4-9-18)22-13-7-11-19-10-5-6-12-21(19)22/h2-16H,17H2,1H3. The summed E-state index contributed by atoms with van der Waals surface area (Å²) in [5.41, 5.74) is 3.31. The predicted octanol–water partition coefficient (Wildman–Crippen LogP) is 5.91. The van der Waals surface area contributed by atoms with Gasteiger partial charge in [0, 0.05) is 11.1 Å². The summed E-state index contributed by atoms with van der Waals surface area (Å²) in [6, 6.07) is 27.7. The van der Waals surface area contributed by atoms with E-state index in [0.717, 1.165) is 33.7 Å². The monoisotopic (exact) mass is 368 g/mol. The zero-order valence-electron chi connectivity index (χ0n) is 15.6. The molecule has 138 valence electrons. The maximum Gasteiger partial charge on any atom is 0.170 e. The van der Waals surface area contributed by atoms with E-state index in [1.165, 1.54) is 0 Å². The Kier molecular flexibility index (Phi) is 5.07. The number of aldehydes is 1. The van der Waals surface area contributed by atoms with Crippen LogP contribution >= 0.6 is 0 Å². The maximum atomic E-state index is 11.9. The molecule has 0 fully saturated rings. The van der Waals surface area contributed by atoms with Crippen LogP contribution in [0.15, 0.2) is 84.9 Å². The summed E-state index contributed by atoms with van der Waals surface area (Å²) < 4.78 is 11.8. The predicted molar refractivity (Wildman–Crippen MR) is 112 cm³/mol. The molecule has 4 aromatic carbocycles. The molecule has 0 N–H and O–H groups in total. The topological polar surface area (TPSA) is 35.5 Å². The van der Waals surface area contributed by atoms with E-state index in [-0.39, 0.29) is 0 Å². The van der Waals surface area contributed by atoms with Gasteiger partial charge in [-0.05, 0) is 34.0 Å². The summed E-state index contributed by atoms with van der Waals surface area (Å²) in [7, 11) is 1.61. The van der Waals surface area contributed by atoms with Crippen molar-refractivity contribution >= 4 is 17.1 Å². The van der Waals surface area contributed by atoms with Gasteiger partial charge in [-0.2, -0.15) is 0 Å². The van der Waals surface area contributed by atoms with E-state index in [4.69, 9.17) is 9.47 Å². The first-order chi connectivity index (χ1) is 13.8. The van der Waals surface area contributed by atoms with Crippen molar-refractivity contribution < 1.29 is 14.3 Å². The number of hydrogen-bond acceptors (Lipinski definition) is 3. The van der Waals surface area contributed by atoms with Crippen molar-refractivity contribution in [2.24, 2.45) is 0 Å². The van der Waals surface area contributed by atoms with Gasteiger partial charge in [-0.25, -0.2) is 0 Å². The molecule has 0 saturated heterocycles. The molecular weight excluding hydrogens is 348 g/mol. The van der Waals surface area contributed by atoms with Crippen LogP contribution in [0.3, 0.4) is 0 Å². The van der Waals surface area contributed by atoms with E-state index in [1.54, 1.807) is 19.2 Å². The van der Waals surface area contributed by atoms with E-state index < -0.39 is 0 Å². The van der Waals surface area contributed by atoms with Crippen molar-refractivity contribution in [2.75, 3.05) is 7.11 Å². The number of rotatable bonds is 6. The average Bonchev–Trinajstić information content (AvgIpc) is 2.77. The molecule has 0 radical (unpaired) electrons. The first-order valence-corrected chi connectivity index (χ1v) is 9.13. The molecule has 0 aliphatic carbocycles. The molecule has 0 heterocycles. The Balaban J connectivity index is 1.90. The highest BCUT2D eigenvalue weighted by molar-refractivity contribution is 6.03. The fourth-order valence-corrected chi connectivity index (χ4v) is 3.43. The second-order valence-corrected chi connectivity index (χ2v) is 6.48. The normalized spacial score (nSPS) is 10.6. The van der Waals surface area contributed by atoms with Crippen LogP contribution in [0.4, 0.5) is 0 Å². The number of ether oxygens (including phenoxy) is 2. The minimum absolute atomic E-state index is 0.386. The fraction of sp³-hybridized carbons (Fsp3) is 0.0800. The van der Waals surface area contributed by atoms with Gasteiger partial charge in [-0.3, -0.25) is 4.79 Å². The minimum Gasteiger partial charge on any atom is -0.493 e. The summed E-state index contributed by atoms with van der Waals surface area (Å²) in [5.74, 6) is 1.18. The number of methoxy groups -OCH3 is 1. The van der Waals surface area contributed by atoms with Gasteiger partial charge in [-0.1, -0.05) is 72.8 Å². The molecule has 0 spiro atoms. The van der Waals surface area contributed by atoms with Crippen molar-refractivity contribution in [3.8, 4) is 22.6 Å². The first-order valence-electron chi connectivity index (χ1n) is 9.13. The van der Waals surface area contributed by atoms with Crippen LogP contribution in [0.5, 0.6) is 11.5 Å². The SMILES string of the molecule is COc1ccc(C=O)c(-c2cccc3ccccc23)c1OCc1ccccc1. The number of hydrogen-bond donors (Lipinski definition) is 0. The fourth-order valence-electron chi connectivity index (χ4n) is 3.43.